The van der Waals surface area contributed by atoms with Crippen molar-refractivity contribution in [3.8, 4) is 0 Å². The highest BCUT2D eigenvalue weighted by atomic mass is 19.1. The lowest BCUT2D eigenvalue weighted by atomic mass is 10.1. The minimum Gasteiger partial charge on any atom is -0.354 e. The van der Waals surface area contributed by atoms with E-state index in [1.165, 1.54) is 6.07 Å². The molecular weight excluding hydrogens is 319 g/mol. The number of nitrogens with zero attached hydrogens (tertiary/aromatic N) is 2. The number of aryl methyl sites for hydroxylation is 1. The van der Waals surface area contributed by atoms with Crippen molar-refractivity contribution in [2.45, 2.75) is 33.6 Å². The molecule has 0 saturated heterocycles. The summed E-state index contributed by atoms with van der Waals surface area (Å²) in [6.07, 6.45) is 1.43. The number of nitrogens with one attached hydrogen (secondary N) is 2. The highest BCUT2D eigenvalue weighted by molar-refractivity contribution is 5.92. The Kier molecular flexibility index (Phi) is 6.86. The van der Waals surface area contributed by atoms with Crippen LogP contribution in [0.3, 0.4) is 0 Å². The first kappa shape index (κ1) is 18.8. The Bertz CT molecular complexity index is 718. The predicted octanol–water partition coefficient (Wildman–Crippen LogP) is 3.35. The third-order valence-corrected chi connectivity index (χ3v) is 3.73. The van der Waals surface area contributed by atoms with E-state index in [-0.39, 0.29) is 11.7 Å². The molecule has 1 amide bonds. The lowest BCUT2D eigenvalue weighted by Crippen LogP contribution is -2.27. The molecule has 5 nitrogen and oxygen atoms in total. The van der Waals surface area contributed by atoms with Crippen molar-refractivity contribution in [3.05, 3.63) is 53.1 Å². The number of anilines is 1. The fraction of sp³-hybridized carbons (Fsp3) is 0.421. The van der Waals surface area contributed by atoms with Crippen LogP contribution in [0.25, 0.3) is 0 Å². The number of aromatic nitrogens is 2. The van der Waals surface area contributed by atoms with Gasteiger partial charge in [0.15, 0.2) is 0 Å². The molecule has 2 aromatic rings. The van der Waals surface area contributed by atoms with Crippen LogP contribution in [0.15, 0.2) is 30.3 Å². The fourth-order valence-corrected chi connectivity index (χ4v) is 2.34. The number of amides is 1. The molecule has 0 aliphatic rings. The molecule has 0 radical (unpaired) electrons. The van der Waals surface area contributed by atoms with Gasteiger partial charge in [-0.05, 0) is 43.4 Å². The van der Waals surface area contributed by atoms with Crippen molar-refractivity contribution in [2.24, 2.45) is 5.92 Å². The van der Waals surface area contributed by atoms with Gasteiger partial charge in [0.1, 0.15) is 11.5 Å². The van der Waals surface area contributed by atoms with E-state index in [1.54, 1.807) is 24.3 Å². The molecule has 1 aromatic carbocycles. The zero-order chi connectivity index (χ0) is 18.2. The molecule has 2 rings (SSSR count). The zero-order valence-electron chi connectivity index (χ0n) is 15.0. The number of hydrogen-bond donors (Lipinski definition) is 2. The highest BCUT2D eigenvalue weighted by Crippen LogP contribution is 2.08. The van der Waals surface area contributed by atoms with Crippen LogP contribution in [-0.2, 0) is 6.42 Å². The number of carbonyl (C=O) groups is 1. The van der Waals surface area contributed by atoms with Crippen LogP contribution in [0.4, 0.5) is 10.3 Å². The lowest BCUT2D eigenvalue weighted by molar-refractivity contribution is 0.0949. The quantitative estimate of drug-likeness (QED) is 0.771. The SMILES string of the molecule is Cc1cc(C(=O)NCCc2ccccc2F)nc(NCCC(C)C)n1. The third-order valence-electron chi connectivity index (χ3n) is 3.73. The Morgan fingerprint density at radius 3 is 2.68 bits per heavy atom. The second-order valence-corrected chi connectivity index (χ2v) is 6.42. The van der Waals surface area contributed by atoms with Crippen LogP contribution in [-0.4, -0.2) is 29.0 Å². The van der Waals surface area contributed by atoms with Gasteiger partial charge in [-0.1, -0.05) is 32.0 Å². The largest absolute Gasteiger partial charge is 0.354 e. The average molecular weight is 344 g/mol. The molecule has 0 aliphatic carbocycles. The Labute approximate surface area is 148 Å². The summed E-state index contributed by atoms with van der Waals surface area (Å²) in [6, 6.07) is 8.21. The normalized spacial score (nSPS) is 10.8. The summed E-state index contributed by atoms with van der Waals surface area (Å²) < 4.78 is 13.6. The maximum Gasteiger partial charge on any atom is 0.270 e. The van der Waals surface area contributed by atoms with Gasteiger partial charge in [0, 0.05) is 18.8 Å². The van der Waals surface area contributed by atoms with Gasteiger partial charge in [-0.3, -0.25) is 4.79 Å². The van der Waals surface area contributed by atoms with Crippen LogP contribution < -0.4 is 10.6 Å². The third kappa shape index (κ3) is 6.14. The van der Waals surface area contributed by atoms with Gasteiger partial charge in [-0.2, -0.15) is 0 Å². The molecule has 1 heterocycles. The molecule has 0 fully saturated rings. The molecule has 0 aliphatic heterocycles. The summed E-state index contributed by atoms with van der Waals surface area (Å²) in [5.74, 6) is 0.499. The van der Waals surface area contributed by atoms with Gasteiger partial charge in [0.25, 0.3) is 5.91 Å². The summed E-state index contributed by atoms with van der Waals surface area (Å²) >= 11 is 0. The predicted molar refractivity (Wildman–Crippen MR) is 97.2 cm³/mol. The van der Waals surface area contributed by atoms with E-state index in [1.807, 2.05) is 6.92 Å². The maximum atomic E-state index is 13.6. The average Bonchev–Trinajstić information content (AvgIpc) is 2.55. The van der Waals surface area contributed by atoms with Crippen molar-refractivity contribution in [2.75, 3.05) is 18.4 Å². The van der Waals surface area contributed by atoms with Gasteiger partial charge >= 0.3 is 0 Å². The molecule has 0 atom stereocenters. The summed E-state index contributed by atoms with van der Waals surface area (Å²) in [4.78, 5) is 20.8. The summed E-state index contributed by atoms with van der Waals surface area (Å²) in [6.45, 7) is 7.22. The lowest BCUT2D eigenvalue weighted by Gasteiger charge is -2.10. The summed E-state index contributed by atoms with van der Waals surface area (Å²) in [7, 11) is 0. The second-order valence-electron chi connectivity index (χ2n) is 6.42. The molecule has 134 valence electrons. The van der Waals surface area contributed by atoms with Crippen LogP contribution in [0, 0.1) is 18.7 Å². The summed E-state index contributed by atoms with van der Waals surface area (Å²) in [5, 5.41) is 5.93. The Morgan fingerprint density at radius 2 is 1.96 bits per heavy atom. The molecule has 2 N–H and O–H groups in total. The maximum absolute atomic E-state index is 13.6. The summed E-state index contributed by atoms with van der Waals surface area (Å²) in [5.41, 5.74) is 1.62. The van der Waals surface area contributed by atoms with E-state index in [2.05, 4.69) is 34.4 Å². The van der Waals surface area contributed by atoms with Crippen LogP contribution in [0.1, 0.15) is 42.0 Å². The van der Waals surface area contributed by atoms with Gasteiger partial charge in [-0.25, -0.2) is 14.4 Å². The van der Waals surface area contributed by atoms with Crippen LogP contribution in [0.5, 0.6) is 0 Å². The van der Waals surface area contributed by atoms with Crippen molar-refractivity contribution < 1.29 is 9.18 Å². The van der Waals surface area contributed by atoms with E-state index >= 15 is 0 Å². The van der Waals surface area contributed by atoms with Crippen molar-refractivity contribution in [3.63, 3.8) is 0 Å². The van der Waals surface area contributed by atoms with Gasteiger partial charge < -0.3 is 10.6 Å². The highest BCUT2D eigenvalue weighted by Gasteiger charge is 2.11. The molecule has 25 heavy (non-hydrogen) atoms. The molecule has 0 spiro atoms. The van der Waals surface area contributed by atoms with E-state index in [9.17, 15) is 9.18 Å². The molecule has 6 heteroatoms. The Balaban J connectivity index is 1.92. The van der Waals surface area contributed by atoms with Crippen molar-refractivity contribution in [1.82, 2.24) is 15.3 Å². The fourth-order valence-electron chi connectivity index (χ4n) is 2.34. The molecular formula is C19H25FN4O. The number of halogens is 1. The Morgan fingerprint density at radius 1 is 1.20 bits per heavy atom. The van der Waals surface area contributed by atoms with E-state index < -0.39 is 0 Å². The zero-order valence-corrected chi connectivity index (χ0v) is 15.0. The van der Waals surface area contributed by atoms with Crippen LogP contribution >= 0.6 is 0 Å². The van der Waals surface area contributed by atoms with E-state index in [0.29, 0.717) is 36.1 Å². The topological polar surface area (TPSA) is 66.9 Å². The number of benzene rings is 1. The smallest absolute Gasteiger partial charge is 0.270 e. The monoisotopic (exact) mass is 344 g/mol. The standard InChI is InChI=1S/C19H25FN4O/c1-13(2)8-10-22-19-23-14(3)12-17(24-19)18(25)21-11-9-15-6-4-5-7-16(15)20/h4-7,12-13H,8-11H2,1-3H3,(H,21,25)(H,22,23,24). The van der Waals surface area contributed by atoms with Crippen molar-refractivity contribution in [1.29, 1.82) is 0 Å². The second kappa shape index (κ2) is 9.11. The first-order valence-electron chi connectivity index (χ1n) is 8.57. The van der Waals surface area contributed by atoms with Crippen LogP contribution in [0.2, 0.25) is 0 Å². The number of carbonyl (C=O) groups excluding carboxylic acids is 1. The number of rotatable bonds is 8. The van der Waals surface area contributed by atoms with E-state index in [0.717, 1.165) is 18.7 Å². The molecule has 0 unspecified atom stereocenters. The minimum absolute atomic E-state index is 0.258. The minimum atomic E-state index is -0.284. The number of hydrogen-bond acceptors (Lipinski definition) is 4. The van der Waals surface area contributed by atoms with Gasteiger partial charge in [-0.15, -0.1) is 0 Å². The molecule has 0 bridgehead atoms. The first-order chi connectivity index (χ1) is 12.0. The first-order valence-corrected chi connectivity index (χ1v) is 8.57. The van der Waals surface area contributed by atoms with Crippen molar-refractivity contribution >= 4 is 11.9 Å². The van der Waals surface area contributed by atoms with Gasteiger partial charge in [0.05, 0.1) is 0 Å². The Hall–Kier alpha value is -2.50. The van der Waals surface area contributed by atoms with Gasteiger partial charge in [0.2, 0.25) is 5.95 Å². The molecule has 0 saturated carbocycles. The molecule has 1 aromatic heterocycles. The van der Waals surface area contributed by atoms with E-state index in [4.69, 9.17) is 0 Å².